The summed E-state index contributed by atoms with van der Waals surface area (Å²) in [6.45, 7) is 1.37. The van der Waals surface area contributed by atoms with E-state index in [1.54, 1.807) is 0 Å². The molecule has 2 aromatic rings. The van der Waals surface area contributed by atoms with E-state index in [1.807, 2.05) is 0 Å². The Hall–Kier alpha value is -1.61. The maximum absolute atomic E-state index is 12.6. The molecule has 0 aliphatic heterocycles. The molecule has 0 atom stereocenters. The van der Waals surface area contributed by atoms with Gasteiger partial charge in [-0.05, 0) is 19.1 Å². The van der Waals surface area contributed by atoms with Gasteiger partial charge in [-0.3, -0.25) is 0 Å². The molecule has 0 fully saturated rings. The van der Waals surface area contributed by atoms with Crippen molar-refractivity contribution in [2.24, 2.45) is 0 Å². The van der Waals surface area contributed by atoms with Gasteiger partial charge in [0.25, 0.3) is 9.05 Å². The van der Waals surface area contributed by atoms with Crippen LogP contribution < -0.4 is 0 Å². The standard InChI is InChI=1S/C10H7ClF3N3O2S/c1-6-8(20(11,18)19)5-16-17(6)9-4-7(2-3-15-9)10(12,13)14/h2-5H,1H3. The zero-order valence-corrected chi connectivity index (χ0v) is 11.5. The van der Waals surface area contributed by atoms with Crippen LogP contribution in [0.4, 0.5) is 13.2 Å². The third-order valence-corrected chi connectivity index (χ3v) is 3.94. The Balaban J connectivity index is 2.57. The normalized spacial score (nSPS) is 12.7. The number of pyridine rings is 1. The minimum Gasteiger partial charge on any atom is -0.237 e. The summed E-state index contributed by atoms with van der Waals surface area (Å²) in [5.41, 5.74) is -0.834. The smallest absolute Gasteiger partial charge is 0.237 e. The van der Waals surface area contributed by atoms with Crippen LogP contribution in [0.15, 0.2) is 29.4 Å². The van der Waals surface area contributed by atoms with E-state index in [9.17, 15) is 21.6 Å². The predicted octanol–water partition coefficient (Wildman–Crippen LogP) is 2.52. The largest absolute Gasteiger partial charge is 0.416 e. The highest BCUT2D eigenvalue weighted by Gasteiger charge is 2.31. The number of hydrogen-bond acceptors (Lipinski definition) is 4. The Morgan fingerprint density at radius 3 is 2.50 bits per heavy atom. The van der Waals surface area contributed by atoms with Crippen molar-refractivity contribution in [2.75, 3.05) is 0 Å². The Bertz CT molecular complexity index is 755. The van der Waals surface area contributed by atoms with Crippen LogP contribution in [-0.4, -0.2) is 23.2 Å². The van der Waals surface area contributed by atoms with Crippen LogP contribution in [-0.2, 0) is 15.2 Å². The van der Waals surface area contributed by atoms with Crippen molar-refractivity contribution in [1.29, 1.82) is 0 Å². The van der Waals surface area contributed by atoms with Gasteiger partial charge in [-0.15, -0.1) is 0 Å². The highest BCUT2D eigenvalue weighted by Crippen LogP contribution is 2.30. The number of nitrogens with zero attached hydrogens (tertiary/aromatic N) is 3. The van der Waals surface area contributed by atoms with Crippen molar-refractivity contribution in [3.8, 4) is 5.82 Å². The van der Waals surface area contributed by atoms with Gasteiger partial charge in [0.05, 0.1) is 17.5 Å². The van der Waals surface area contributed by atoms with Gasteiger partial charge in [0.1, 0.15) is 4.90 Å². The summed E-state index contributed by atoms with van der Waals surface area (Å²) in [4.78, 5) is 3.46. The van der Waals surface area contributed by atoms with Crippen LogP contribution >= 0.6 is 10.7 Å². The second-order valence-electron chi connectivity index (χ2n) is 3.84. The molecule has 2 rings (SSSR count). The SMILES string of the molecule is Cc1c(S(=O)(=O)Cl)cnn1-c1cc(C(F)(F)F)ccn1. The van der Waals surface area contributed by atoms with E-state index < -0.39 is 20.8 Å². The molecular formula is C10H7ClF3N3O2S. The third-order valence-electron chi connectivity index (χ3n) is 2.52. The maximum Gasteiger partial charge on any atom is 0.416 e. The van der Waals surface area contributed by atoms with Crippen LogP contribution in [0.25, 0.3) is 5.82 Å². The lowest BCUT2D eigenvalue weighted by molar-refractivity contribution is -0.137. The first-order valence-corrected chi connectivity index (χ1v) is 7.44. The van der Waals surface area contributed by atoms with E-state index in [1.165, 1.54) is 6.92 Å². The first kappa shape index (κ1) is 14.8. The molecule has 0 unspecified atom stereocenters. The fourth-order valence-corrected chi connectivity index (χ4v) is 2.64. The van der Waals surface area contributed by atoms with Gasteiger partial charge >= 0.3 is 6.18 Å². The summed E-state index contributed by atoms with van der Waals surface area (Å²) in [6, 6.07) is 1.58. The molecule has 0 amide bonds. The zero-order valence-electron chi connectivity index (χ0n) is 9.89. The van der Waals surface area contributed by atoms with Gasteiger partial charge < -0.3 is 0 Å². The van der Waals surface area contributed by atoms with Crippen LogP contribution in [0.2, 0.25) is 0 Å². The van der Waals surface area contributed by atoms with Crippen LogP contribution in [0.3, 0.4) is 0 Å². The second kappa shape index (κ2) is 4.74. The molecule has 10 heteroatoms. The van der Waals surface area contributed by atoms with Crippen molar-refractivity contribution in [2.45, 2.75) is 18.0 Å². The number of aromatic nitrogens is 3. The average molecular weight is 326 g/mol. The molecule has 0 radical (unpaired) electrons. The van der Waals surface area contributed by atoms with E-state index in [0.717, 1.165) is 29.2 Å². The molecule has 0 spiro atoms. The zero-order chi connectivity index (χ0) is 15.1. The Morgan fingerprint density at radius 2 is 2.00 bits per heavy atom. The maximum atomic E-state index is 12.6. The molecular weight excluding hydrogens is 319 g/mol. The molecule has 20 heavy (non-hydrogen) atoms. The summed E-state index contributed by atoms with van der Waals surface area (Å²) >= 11 is 0. The fraction of sp³-hybridized carbons (Fsp3) is 0.200. The van der Waals surface area contributed by atoms with Crippen LogP contribution in [0.5, 0.6) is 0 Å². The van der Waals surface area contributed by atoms with Crippen molar-refractivity contribution in [1.82, 2.24) is 14.8 Å². The molecule has 0 saturated carbocycles. The van der Waals surface area contributed by atoms with Crippen LogP contribution in [0.1, 0.15) is 11.3 Å². The average Bonchev–Trinajstić information content (AvgIpc) is 2.70. The lowest BCUT2D eigenvalue weighted by Crippen LogP contribution is -2.09. The van der Waals surface area contributed by atoms with Gasteiger partial charge in [0, 0.05) is 16.9 Å². The van der Waals surface area contributed by atoms with E-state index in [0.29, 0.717) is 0 Å². The van der Waals surface area contributed by atoms with E-state index in [2.05, 4.69) is 10.1 Å². The minimum atomic E-state index is -4.53. The number of alkyl halides is 3. The summed E-state index contributed by atoms with van der Waals surface area (Å²) in [7, 11) is 1.17. The molecule has 0 aliphatic carbocycles. The second-order valence-corrected chi connectivity index (χ2v) is 6.38. The monoisotopic (exact) mass is 325 g/mol. The Kier molecular flexibility index (Phi) is 3.51. The predicted molar refractivity (Wildman–Crippen MR) is 64.1 cm³/mol. The van der Waals surface area contributed by atoms with E-state index >= 15 is 0 Å². The highest BCUT2D eigenvalue weighted by atomic mass is 35.7. The van der Waals surface area contributed by atoms with Gasteiger partial charge in [0.2, 0.25) is 0 Å². The molecule has 0 saturated heterocycles. The molecule has 0 aliphatic rings. The molecule has 0 bridgehead atoms. The fourth-order valence-electron chi connectivity index (χ4n) is 1.58. The summed E-state index contributed by atoms with van der Waals surface area (Å²) < 4.78 is 61.3. The summed E-state index contributed by atoms with van der Waals surface area (Å²) in [5, 5.41) is 3.70. The minimum absolute atomic E-state index is 0.0758. The highest BCUT2D eigenvalue weighted by molar-refractivity contribution is 8.13. The Morgan fingerprint density at radius 1 is 1.35 bits per heavy atom. The van der Waals surface area contributed by atoms with Crippen molar-refractivity contribution >= 4 is 19.7 Å². The summed E-state index contributed by atoms with van der Waals surface area (Å²) in [5.74, 6) is -0.149. The number of halogens is 4. The lowest BCUT2D eigenvalue weighted by Gasteiger charge is -2.09. The van der Waals surface area contributed by atoms with E-state index in [4.69, 9.17) is 10.7 Å². The molecule has 0 aromatic carbocycles. The third kappa shape index (κ3) is 2.78. The van der Waals surface area contributed by atoms with E-state index in [-0.39, 0.29) is 16.4 Å². The van der Waals surface area contributed by atoms with Gasteiger partial charge in [-0.1, -0.05) is 0 Å². The topological polar surface area (TPSA) is 64.8 Å². The first-order valence-electron chi connectivity index (χ1n) is 5.13. The molecule has 0 N–H and O–H groups in total. The van der Waals surface area contributed by atoms with Gasteiger partial charge in [-0.2, -0.15) is 18.3 Å². The van der Waals surface area contributed by atoms with Gasteiger partial charge in [-0.25, -0.2) is 18.1 Å². The quantitative estimate of drug-likeness (QED) is 0.796. The lowest BCUT2D eigenvalue weighted by atomic mass is 10.2. The van der Waals surface area contributed by atoms with Crippen molar-refractivity contribution in [3.05, 3.63) is 35.8 Å². The van der Waals surface area contributed by atoms with Crippen molar-refractivity contribution in [3.63, 3.8) is 0 Å². The number of rotatable bonds is 2. The van der Waals surface area contributed by atoms with Crippen molar-refractivity contribution < 1.29 is 21.6 Å². The summed E-state index contributed by atoms with van der Waals surface area (Å²) in [6.07, 6.45) is -2.60. The molecule has 2 heterocycles. The van der Waals surface area contributed by atoms with Crippen LogP contribution in [0, 0.1) is 6.92 Å². The van der Waals surface area contributed by atoms with Gasteiger partial charge in [0.15, 0.2) is 5.82 Å². The molecule has 2 aromatic heterocycles. The number of hydrogen-bond donors (Lipinski definition) is 0. The molecule has 5 nitrogen and oxygen atoms in total. The molecule has 108 valence electrons. The first-order chi connectivity index (χ1) is 9.10. The Labute approximate surface area is 116 Å².